The van der Waals surface area contributed by atoms with Crippen LogP contribution in [0.25, 0.3) is 0 Å². The van der Waals surface area contributed by atoms with E-state index in [1.807, 2.05) is 30.7 Å². The molecule has 26 heavy (non-hydrogen) atoms. The molecule has 4 nitrogen and oxygen atoms in total. The molecule has 0 spiro atoms. The quantitative estimate of drug-likeness (QED) is 0.684. The van der Waals surface area contributed by atoms with Crippen molar-refractivity contribution in [3.05, 3.63) is 86.7 Å². The van der Waals surface area contributed by atoms with E-state index in [0.29, 0.717) is 28.7 Å². The standard InChI is InChI=1S/C20H19Cl2N3O/c1-13-8-14(2)25(24-13)12-16-5-3-4-15(9-16)11-23-20(26)18-7-6-17(21)10-19(18)22/h3-10H,11-12H2,1-2H3,(H,23,26). The van der Waals surface area contributed by atoms with Gasteiger partial charge in [0.05, 0.1) is 22.8 Å². The number of hydrogen-bond acceptors (Lipinski definition) is 2. The summed E-state index contributed by atoms with van der Waals surface area (Å²) in [6, 6.07) is 15.0. The number of aromatic nitrogens is 2. The number of hydrogen-bond donors (Lipinski definition) is 1. The Morgan fingerprint density at radius 2 is 1.85 bits per heavy atom. The van der Waals surface area contributed by atoms with Gasteiger partial charge in [0.15, 0.2) is 0 Å². The molecule has 6 heteroatoms. The summed E-state index contributed by atoms with van der Waals surface area (Å²) >= 11 is 12.0. The van der Waals surface area contributed by atoms with Gasteiger partial charge in [0.1, 0.15) is 0 Å². The first kappa shape index (κ1) is 18.5. The molecule has 0 fully saturated rings. The van der Waals surface area contributed by atoms with Crippen LogP contribution in [0.5, 0.6) is 0 Å². The number of rotatable bonds is 5. The maximum Gasteiger partial charge on any atom is 0.253 e. The van der Waals surface area contributed by atoms with E-state index in [1.54, 1.807) is 18.2 Å². The van der Waals surface area contributed by atoms with Crippen LogP contribution in [0.3, 0.4) is 0 Å². The van der Waals surface area contributed by atoms with Crippen molar-refractivity contribution in [1.82, 2.24) is 15.1 Å². The van der Waals surface area contributed by atoms with Crippen LogP contribution >= 0.6 is 23.2 Å². The van der Waals surface area contributed by atoms with E-state index in [1.165, 1.54) is 0 Å². The lowest BCUT2D eigenvalue weighted by atomic mass is 10.1. The Labute approximate surface area is 162 Å². The number of aryl methyl sites for hydroxylation is 2. The van der Waals surface area contributed by atoms with E-state index in [4.69, 9.17) is 23.2 Å². The summed E-state index contributed by atoms with van der Waals surface area (Å²) in [7, 11) is 0. The molecule has 0 bridgehead atoms. The summed E-state index contributed by atoms with van der Waals surface area (Å²) in [5.41, 5.74) is 4.69. The summed E-state index contributed by atoms with van der Waals surface area (Å²) in [6.45, 7) is 5.14. The number of benzene rings is 2. The van der Waals surface area contributed by atoms with E-state index in [2.05, 4.69) is 28.6 Å². The molecule has 134 valence electrons. The van der Waals surface area contributed by atoms with Crippen molar-refractivity contribution >= 4 is 29.1 Å². The number of nitrogens with one attached hydrogen (secondary N) is 1. The summed E-state index contributed by atoms with van der Waals surface area (Å²) in [4.78, 5) is 12.3. The number of amides is 1. The average Bonchev–Trinajstić information content (AvgIpc) is 2.90. The van der Waals surface area contributed by atoms with Crippen LogP contribution in [0.1, 0.15) is 32.9 Å². The first-order valence-corrected chi connectivity index (χ1v) is 9.00. The number of halogens is 2. The van der Waals surface area contributed by atoms with E-state index in [0.717, 1.165) is 22.5 Å². The monoisotopic (exact) mass is 387 g/mol. The molecule has 2 aromatic carbocycles. The lowest BCUT2D eigenvalue weighted by molar-refractivity contribution is 0.0951. The van der Waals surface area contributed by atoms with Crippen LogP contribution in [0.2, 0.25) is 10.0 Å². The van der Waals surface area contributed by atoms with Crippen molar-refractivity contribution in [3.8, 4) is 0 Å². The van der Waals surface area contributed by atoms with Crippen molar-refractivity contribution in [3.63, 3.8) is 0 Å². The molecule has 0 unspecified atom stereocenters. The zero-order valence-corrected chi connectivity index (χ0v) is 16.1. The van der Waals surface area contributed by atoms with E-state index < -0.39 is 0 Å². The Morgan fingerprint density at radius 3 is 2.54 bits per heavy atom. The zero-order chi connectivity index (χ0) is 18.7. The lowest BCUT2D eigenvalue weighted by Crippen LogP contribution is -2.23. The normalized spacial score (nSPS) is 10.8. The topological polar surface area (TPSA) is 46.9 Å². The number of nitrogens with zero attached hydrogens (tertiary/aromatic N) is 2. The number of carbonyl (C=O) groups is 1. The maximum absolute atomic E-state index is 12.3. The van der Waals surface area contributed by atoms with Gasteiger partial charge < -0.3 is 5.32 Å². The van der Waals surface area contributed by atoms with Crippen LogP contribution in [0.15, 0.2) is 48.5 Å². The van der Waals surface area contributed by atoms with Crippen LogP contribution < -0.4 is 5.32 Å². The van der Waals surface area contributed by atoms with Crippen LogP contribution in [-0.2, 0) is 13.1 Å². The summed E-state index contributed by atoms with van der Waals surface area (Å²) in [6.07, 6.45) is 0. The SMILES string of the molecule is Cc1cc(C)n(Cc2cccc(CNC(=O)c3ccc(Cl)cc3Cl)c2)n1. The average molecular weight is 388 g/mol. The summed E-state index contributed by atoms with van der Waals surface area (Å²) in [5.74, 6) is -0.226. The lowest BCUT2D eigenvalue weighted by Gasteiger charge is -2.09. The number of carbonyl (C=O) groups excluding carboxylic acids is 1. The fraction of sp³-hybridized carbons (Fsp3) is 0.200. The first-order chi connectivity index (χ1) is 12.4. The molecule has 1 N–H and O–H groups in total. The highest BCUT2D eigenvalue weighted by Gasteiger charge is 2.10. The molecule has 0 atom stereocenters. The van der Waals surface area contributed by atoms with Crippen LogP contribution in [0.4, 0.5) is 0 Å². The van der Waals surface area contributed by atoms with E-state index >= 15 is 0 Å². The predicted molar refractivity (Wildman–Crippen MR) is 105 cm³/mol. The van der Waals surface area contributed by atoms with Crippen molar-refractivity contribution in [1.29, 1.82) is 0 Å². The Balaban J connectivity index is 1.67. The Kier molecular flexibility index (Phi) is 5.64. The van der Waals surface area contributed by atoms with Gasteiger partial charge in [0, 0.05) is 17.3 Å². The van der Waals surface area contributed by atoms with Gasteiger partial charge in [-0.25, -0.2) is 0 Å². The zero-order valence-electron chi connectivity index (χ0n) is 14.6. The third kappa shape index (κ3) is 4.45. The minimum atomic E-state index is -0.226. The van der Waals surface area contributed by atoms with Crippen molar-refractivity contribution < 1.29 is 4.79 Å². The largest absolute Gasteiger partial charge is 0.348 e. The molecule has 0 aliphatic heterocycles. The molecule has 0 saturated heterocycles. The van der Waals surface area contributed by atoms with Crippen LogP contribution in [-0.4, -0.2) is 15.7 Å². The molecule has 0 saturated carbocycles. The van der Waals surface area contributed by atoms with Gasteiger partial charge in [0.2, 0.25) is 0 Å². The van der Waals surface area contributed by atoms with Crippen LogP contribution in [0, 0.1) is 13.8 Å². The minimum Gasteiger partial charge on any atom is -0.348 e. The Morgan fingerprint density at radius 1 is 1.08 bits per heavy atom. The molecule has 1 amide bonds. The predicted octanol–water partition coefficient (Wildman–Crippen LogP) is 4.79. The molecule has 0 aliphatic carbocycles. The molecular formula is C20H19Cl2N3O. The molecule has 1 aromatic heterocycles. The summed E-state index contributed by atoms with van der Waals surface area (Å²) < 4.78 is 1.97. The highest BCUT2D eigenvalue weighted by atomic mass is 35.5. The first-order valence-electron chi connectivity index (χ1n) is 8.24. The second-order valence-electron chi connectivity index (χ2n) is 6.21. The van der Waals surface area contributed by atoms with Gasteiger partial charge in [-0.2, -0.15) is 5.10 Å². The van der Waals surface area contributed by atoms with Gasteiger partial charge in [-0.05, 0) is 49.2 Å². The van der Waals surface area contributed by atoms with E-state index in [9.17, 15) is 4.79 Å². The second-order valence-corrected chi connectivity index (χ2v) is 7.06. The van der Waals surface area contributed by atoms with Gasteiger partial charge in [-0.1, -0.05) is 47.5 Å². The third-order valence-corrected chi connectivity index (χ3v) is 4.60. The fourth-order valence-corrected chi connectivity index (χ4v) is 3.29. The van der Waals surface area contributed by atoms with Crippen molar-refractivity contribution in [2.75, 3.05) is 0 Å². The summed E-state index contributed by atoms with van der Waals surface area (Å²) in [5, 5.41) is 8.22. The van der Waals surface area contributed by atoms with Gasteiger partial charge >= 0.3 is 0 Å². The Bertz CT molecular complexity index is 950. The van der Waals surface area contributed by atoms with Gasteiger partial charge in [-0.15, -0.1) is 0 Å². The molecule has 3 aromatic rings. The highest BCUT2D eigenvalue weighted by Crippen LogP contribution is 2.21. The highest BCUT2D eigenvalue weighted by molar-refractivity contribution is 6.36. The van der Waals surface area contributed by atoms with Gasteiger partial charge in [-0.3, -0.25) is 9.48 Å². The smallest absolute Gasteiger partial charge is 0.253 e. The fourth-order valence-electron chi connectivity index (χ4n) is 2.80. The molecule has 1 heterocycles. The molecular weight excluding hydrogens is 369 g/mol. The third-order valence-electron chi connectivity index (χ3n) is 4.06. The van der Waals surface area contributed by atoms with Crippen molar-refractivity contribution in [2.24, 2.45) is 0 Å². The Hall–Kier alpha value is -2.30. The maximum atomic E-state index is 12.3. The molecule has 3 rings (SSSR count). The van der Waals surface area contributed by atoms with Gasteiger partial charge in [0.25, 0.3) is 5.91 Å². The second kappa shape index (κ2) is 7.94. The molecule has 0 aliphatic rings. The minimum absolute atomic E-state index is 0.226. The van der Waals surface area contributed by atoms with E-state index in [-0.39, 0.29) is 5.91 Å². The molecule has 0 radical (unpaired) electrons. The van der Waals surface area contributed by atoms with Crippen molar-refractivity contribution in [2.45, 2.75) is 26.9 Å².